The monoisotopic (exact) mass is 430 g/mol. The van der Waals surface area contributed by atoms with Crippen molar-refractivity contribution in [2.75, 3.05) is 0 Å². The molecule has 0 aliphatic heterocycles. The molecule has 30 heavy (non-hydrogen) atoms. The van der Waals surface area contributed by atoms with Gasteiger partial charge in [0.15, 0.2) is 6.10 Å². The quantitative estimate of drug-likeness (QED) is 0.606. The molecule has 0 aliphatic carbocycles. The summed E-state index contributed by atoms with van der Waals surface area (Å²) in [5.74, 6) is -1.11. The SMILES string of the molecule is Cc1nn(-c2ccc(C(=O)NNC(=O)C(C)Oc3ccc(F)cc3)cc2)c(C)c1Cl. The molecular formula is C21H20ClFN4O3. The second-order valence-corrected chi connectivity index (χ2v) is 6.98. The molecule has 1 unspecified atom stereocenters. The number of ether oxygens (including phenoxy) is 1. The van der Waals surface area contributed by atoms with Gasteiger partial charge in [-0.15, -0.1) is 0 Å². The van der Waals surface area contributed by atoms with E-state index in [4.69, 9.17) is 16.3 Å². The van der Waals surface area contributed by atoms with Crippen molar-refractivity contribution < 1.29 is 18.7 Å². The first-order chi connectivity index (χ1) is 14.3. The third kappa shape index (κ3) is 4.77. The van der Waals surface area contributed by atoms with E-state index in [0.717, 1.165) is 17.1 Å². The van der Waals surface area contributed by atoms with E-state index in [-0.39, 0.29) is 0 Å². The van der Waals surface area contributed by atoms with Crippen molar-refractivity contribution >= 4 is 23.4 Å². The van der Waals surface area contributed by atoms with E-state index in [1.165, 1.54) is 31.2 Å². The molecule has 3 rings (SSSR count). The maximum atomic E-state index is 12.9. The topological polar surface area (TPSA) is 85.3 Å². The summed E-state index contributed by atoms with van der Waals surface area (Å²) in [7, 11) is 0. The van der Waals surface area contributed by atoms with E-state index in [0.29, 0.717) is 16.3 Å². The van der Waals surface area contributed by atoms with Gasteiger partial charge in [0.05, 0.1) is 22.1 Å². The molecule has 2 aromatic carbocycles. The lowest BCUT2D eigenvalue weighted by Gasteiger charge is -2.15. The van der Waals surface area contributed by atoms with Gasteiger partial charge in [-0.1, -0.05) is 11.6 Å². The largest absolute Gasteiger partial charge is 0.481 e. The van der Waals surface area contributed by atoms with Crippen LogP contribution < -0.4 is 15.6 Å². The number of nitrogens with zero attached hydrogens (tertiary/aromatic N) is 2. The van der Waals surface area contributed by atoms with E-state index < -0.39 is 23.7 Å². The Balaban J connectivity index is 1.57. The molecule has 2 N–H and O–H groups in total. The van der Waals surface area contributed by atoms with Crippen LogP contribution in [0, 0.1) is 19.7 Å². The Kier molecular flexibility index (Phi) is 6.37. The Labute approximate surface area is 177 Å². The van der Waals surface area contributed by atoms with Crippen molar-refractivity contribution in [2.45, 2.75) is 26.9 Å². The van der Waals surface area contributed by atoms with Crippen LogP contribution in [0.25, 0.3) is 5.69 Å². The minimum Gasteiger partial charge on any atom is -0.481 e. The van der Waals surface area contributed by atoms with E-state index in [1.54, 1.807) is 28.9 Å². The van der Waals surface area contributed by atoms with Crippen LogP contribution in [-0.2, 0) is 4.79 Å². The van der Waals surface area contributed by atoms with Crippen LogP contribution in [0.2, 0.25) is 5.02 Å². The highest BCUT2D eigenvalue weighted by molar-refractivity contribution is 6.31. The van der Waals surface area contributed by atoms with Crippen LogP contribution in [0.3, 0.4) is 0 Å². The molecule has 1 aromatic heterocycles. The Bertz CT molecular complexity index is 1070. The molecule has 0 fully saturated rings. The molecule has 0 saturated carbocycles. The molecule has 1 atom stereocenters. The van der Waals surface area contributed by atoms with Gasteiger partial charge in [0.25, 0.3) is 11.8 Å². The Morgan fingerprint density at radius 2 is 1.70 bits per heavy atom. The minimum atomic E-state index is -0.895. The lowest BCUT2D eigenvalue weighted by atomic mass is 10.2. The second kappa shape index (κ2) is 8.96. The summed E-state index contributed by atoms with van der Waals surface area (Å²) in [6, 6.07) is 12.0. The van der Waals surface area contributed by atoms with Gasteiger partial charge in [0, 0.05) is 5.56 Å². The van der Waals surface area contributed by atoms with Crippen LogP contribution in [0.4, 0.5) is 4.39 Å². The fourth-order valence-corrected chi connectivity index (χ4v) is 2.81. The highest BCUT2D eigenvalue weighted by atomic mass is 35.5. The zero-order valence-corrected chi connectivity index (χ0v) is 17.3. The van der Waals surface area contributed by atoms with Crippen molar-refractivity contribution in [1.29, 1.82) is 0 Å². The van der Waals surface area contributed by atoms with Crippen molar-refractivity contribution in [3.63, 3.8) is 0 Å². The predicted octanol–water partition coefficient (Wildman–Crippen LogP) is 3.51. The summed E-state index contributed by atoms with van der Waals surface area (Å²) in [6.45, 7) is 5.18. The number of amides is 2. The smallest absolute Gasteiger partial charge is 0.279 e. The van der Waals surface area contributed by atoms with Gasteiger partial charge in [-0.25, -0.2) is 9.07 Å². The summed E-state index contributed by atoms with van der Waals surface area (Å²) >= 11 is 6.17. The first-order valence-corrected chi connectivity index (χ1v) is 9.48. The van der Waals surface area contributed by atoms with Crippen molar-refractivity contribution in [3.8, 4) is 11.4 Å². The molecule has 2 amide bonds. The van der Waals surface area contributed by atoms with E-state index in [9.17, 15) is 14.0 Å². The van der Waals surface area contributed by atoms with Gasteiger partial charge < -0.3 is 4.74 Å². The number of halogens is 2. The number of nitrogens with one attached hydrogen (secondary N) is 2. The number of aryl methyl sites for hydroxylation is 1. The molecule has 0 bridgehead atoms. The molecule has 7 nitrogen and oxygen atoms in total. The second-order valence-electron chi connectivity index (χ2n) is 6.60. The van der Waals surface area contributed by atoms with Crippen molar-refractivity contribution in [1.82, 2.24) is 20.6 Å². The van der Waals surface area contributed by atoms with E-state index in [1.807, 2.05) is 13.8 Å². The van der Waals surface area contributed by atoms with Gasteiger partial charge in [-0.2, -0.15) is 5.10 Å². The minimum absolute atomic E-state index is 0.338. The third-order valence-corrected chi connectivity index (χ3v) is 4.92. The first kappa shape index (κ1) is 21.3. The van der Waals surface area contributed by atoms with Gasteiger partial charge in [0.1, 0.15) is 11.6 Å². The number of hydrazine groups is 1. The van der Waals surface area contributed by atoms with Gasteiger partial charge in [-0.3, -0.25) is 20.4 Å². The van der Waals surface area contributed by atoms with Crippen molar-refractivity contribution in [2.24, 2.45) is 0 Å². The molecule has 0 saturated heterocycles. The fourth-order valence-electron chi connectivity index (χ4n) is 2.69. The van der Waals surface area contributed by atoms with Crippen LogP contribution in [0.5, 0.6) is 5.75 Å². The summed E-state index contributed by atoms with van der Waals surface area (Å²) in [6.07, 6.45) is -0.895. The summed E-state index contributed by atoms with van der Waals surface area (Å²) in [5, 5.41) is 4.96. The maximum absolute atomic E-state index is 12.9. The Morgan fingerprint density at radius 1 is 1.07 bits per heavy atom. The van der Waals surface area contributed by atoms with Gasteiger partial charge >= 0.3 is 0 Å². The van der Waals surface area contributed by atoms with Crippen LogP contribution >= 0.6 is 11.6 Å². The zero-order chi connectivity index (χ0) is 21.8. The van der Waals surface area contributed by atoms with E-state index >= 15 is 0 Å². The number of aromatic nitrogens is 2. The molecule has 0 radical (unpaired) electrons. The highest BCUT2D eigenvalue weighted by Crippen LogP contribution is 2.22. The van der Waals surface area contributed by atoms with Crippen LogP contribution in [0.15, 0.2) is 48.5 Å². The average Bonchev–Trinajstić information content (AvgIpc) is 3.00. The number of rotatable bonds is 5. The van der Waals surface area contributed by atoms with Crippen LogP contribution in [0.1, 0.15) is 28.7 Å². The molecule has 0 aliphatic rings. The lowest BCUT2D eigenvalue weighted by Crippen LogP contribution is -2.47. The van der Waals surface area contributed by atoms with Gasteiger partial charge in [-0.05, 0) is 69.3 Å². The zero-order valence-electron chi connectivity index (χ0n) is 16.6. The molecule has 1 heterocycles. The van der Waals surface area contributed by atoms with Gasteiger partial charge in [0.2, 0.25) is 0 Å². The number of carbonyl (C=O) groups is 2. The summed E-state index contributed by atoms with van der Waals surface area (Å²) in [5.41, 5.74) is 7.26. The number of carbonyl (C=O) groups excluding carboxylic acids is 2. The molecule has 3 aromatic rings. The molecule has 156 valence electrons. The number of benzene rings is 2. The summed E-state index contributed by atoms with van der Waals surface area (Å²) < 4.78 is 20.0. The fraction of sp³-hybridized carbons (Fsp3) is 0.190. The molecular weight excluding hydrogens is 411 g/mol. The van der Waals surface area contributed by atoms with E-state index in [2.05, 4.69) is 16.0 Å². The average molecular weight is 431 g/mol. The molecule has 9 heteroatoms. The number of hydrogen-bond acceptors (Lipinski definition) is 4. The standard InChI is InChI=1S/C21H20ClFN4O3/c1-12-19(22)13(2)27(26-12)17-8-4-15(5-9-17)21(29)25-24-20(28)14(3)30-18-10-6-16(23)7-11-18/h4-11,14H,1-3H3,(H,24,28)(H,25,29). The first-order valence-electron chi connectivity index (χ1n) is 9.11. The lowest BCUT2D eigenvalue weighted by molar-refractivity contribution is -0.128. The Morgan fingerprint density at radius 3 is 2.27 bits per heavy atom. The Hall–Kier alpha value is -3.39. The highest BCUT2D eigenvalue weighted by Gasteiger charge is 2.16. The predicted molar refractivity (Wildman–Crippen MR) is 110 cm³/mol. The summed E-state index contributed by atoms with van der Waals surface area (Å²) in [4.78, 5) is 24.4. The van der Waals surface area contributed by atoms with Crippen LogP contribution in [-0.4, -0.2) is 27.7 Å². The maximum Gasteiger partial charge on any atom is 0.279 e. The molecule has 0 spiro atoms. The third-order valence-electron chi connectivity index (χ3n) is 4.37. The van der Waals surface area contributed by atoms with Crippen molar-refractivity contribution in [3.05, 3.63) is 76.3 Å². The number of hydrogen-bond donors (Lipinski definition) is 2. The normalized spacial score (nSPS) is 11.6.